The minimum atomic E-state index is 0.137. The lowest BCUT2D eigenvalue weighted by Crippen LogP contribution is -2.23. The fourth-order valence-corrected chi connectivity index (χ4v) is 3.51. The summed E-state index contributed by atoms with van der Waals surface area (Å²) in [5.41, 5.74) is 4.78. The molecule has 0 saturated heterocycles. The van der Waals surface area contributed by atoms with Crippen LogP contribution in [-0.2, 0) is 0 Å². The van der Waals surface area contributed by atoms with Gasteiger partial charge in [-0.05, 0) is 66.9 Å². The van der Waals surface area contributed by atoms with Crippen molar-refractivity contribution in [3.05, 3.63) is 66.6 Å². The Balaban J connectivity index is 2.58. The molecule has 112 valence electrons. The van der Waals surface area contributed by atoms with Gasteiger partial charge in [-0.1, -0.05) is 56.5 Å². The second-order valence-corrected chi connectivity index (χ2v) is 7.29. The summed E-state index contributed by atoms with van der Waals surface area (Å²) in [4.78, 5) is 0. The minimum Gasteiger partial charge on any atom is -0.306 e. The highest BCUT2D eigenvalue weighted by molar-refractivity contribution is 9.11. The summed E-state index contributed by atoms with van der Waals surface area (Å²) in [5.74, 6) is 0. The van der Waals surface area contributed by atoms with Crippen LogP contribution in [0.15, 0.2) is 39.3 Å². The van der Waals surface area contributed by atoms with Gasteiger partial charge in [0.15, 0.2) is 0 Å². The molecule has 0 aliphatic carbocycles. The second-order valence-electron chi connectivity index (χ2n) is 5.11. The molecule has 0 amide bonds. The van der Waals surface area contributed by atoms with E-state index in [4.69, 9.17) is 11.6 Å². The zero-order valence-corrected chi connectivity index (χ0v) is 16.2. The van der Waals surface area contributed by atoms with Crippen LogP contribution in [-0.4, -0.2) is 6.54 Å². The van der Waals surface area contributed by atoms with Gasteiger partial charge in [0.2, 0.25) is 0 Å². The van der Waals surface area contributed by atoms with E-state index in [1.807, 2.05) is 19.1 Å². The minimum absolute atomic E-state index is 0.137. The molecular formula is C17H18Br2ClN. The van der Waals surface area contributed by atoms with Gasteiger partial charge in [-0.25, -0.2) is 0 Å². The molecule has 0 aliphatic rings. The molecule has 4 heteroatoms. The van der Waals surface area contributed by atoms with E-state index in [1.54, 1.807) is 0 Å². The molecule has 2 aromatic rings. The average Bonchev–Trinajstić information content (AvgIpc) is 2.43. The lowest BCUT2D eigenvalue weighted by Gasteiger charge is -2.23. The Morgan fingerprint density at radius 2 is 1.76 bits per heavy atom. The molecule has 0 aliphatic heterocycles. The highest BCUT2D eigenvalue weighted by Gasteiger charge is 2.19. The quantitative estimate of drug-likeness (QED) is 0.609. The van der Waals surface area contributed by atoms with E-state index in [2.05, 4.69) is 69.2 Å². The SMILES string of the molecule is CCNC(c1cc(C)c(Cl)cc1C)c1cc(Br)ccc1Br. The van der Waals surface area contributed by atoms with Crippen molar-refractivity contribution in [2.24, 2.45) is 0 Å². The molecule has 1 atom stereocenters. The molecule has 0 fully saturated rings. The third-order valence-electron chi connectivity index (χ3n) is 3.54. The largest absolute Gasteiger partial charge is 0.306 e. The number of hydrogen-bond donors (Lipinski definition) is 1. The molecule has 0 aromatic heterocycles. The Morgan fingerprint density at radius 3 is 2.43 bits per heavy atom. The van der Waals surface area contributed by atoms with E-state index >= 15 is 0 Å². The van der Waals surface area contributed by atoms with Crippen LogP contribution in [0, 0.1) is 13.8 Å². The topological polar surface area (TPSA) is 12.0 Å². The molecule has 1 unspecified atom stereocenters. The third kappa shape index (κ3) is 3.89. The molecular weight excluding hydrogens is 413 g/mol. The average molecular weight is 432 g/mol. The Morgan fingerprint density at radius 1 is 1.05 bits per heavy atom. The van der Waals surface area contributed by atoms with E-state index in [1.165, 1.54) is 16.7 Å². The van der Waals surface area contributed by atoms with Gasteiger partial charge >= 0.3 is 0 Å². The number of benzene rings is 2. The Bertz CT molecular complexity index is 655. The maximum atomic E-state index is 6.23. The van der Waals surface area contributed by atoms with Crippen molar-refractivity contribution in [2.75, 3.05) is 6.54 Å². The van der Waals surface area contributed by atoms with Gasteiger partial charge in [0.05, 0.1) is 6.04 Å². The molecule has 2 aromatic carbocycles. The Labute approximate surface area is 148 Å². The van der Waals surface area contributed by atoms with Crippen molar-refractivity contribution in [1.29, 1.82) is 0 Å². The molecule has 0 bridgehead atoms. The summed E-state index contributed by atoms with van der Waals surface area (Å²) < 4.78 is 2.18. The van der Waals surface area contributed by atoms with Gasteiger partial charge in [-0.2, -0.15) is 0 Å². The fourth-order valence-electron chi connectivity index (χ4n) is 2.44. The zero-order chi connectivity index (χ0) is 15.6. The van der Waals surface area contributed by atoms with Crippen molar-refractivity contribution in [3.63, 3.8) is 0 Å². The fraction of sp³-hybridized carbons (Fsp3) is 0.294. The van der Waals surface area contributed by atoms with E-state index < -0.39 is 0 Å². The summed E-state index contributed by atoms with van der Waals surface area (Å²) in [6, 6.07) is 10.6. The molecule has 0 radical (unpaired) electrons. The first-order chi connectivity index (χ1) is 9.93. The lowest BCUT2D eigenvalue weighted by atomic mass is 9.93. The van der Waals surface area contributed by atoms with Crippen LogP contribution in [0.25, 0.3) is 0 Å². The van der Waals surface area contributed by atoms with E-state index in [-0.39, 0.29) is 6.04 Å². The lowest BCUT2D eigenvalue weighted by molar-refractivity contribution is 0.625. The summed E-state index contributed by atoms with van der Waals surface area (Å²) in [7, 11) is 0. The van der Waals surface area contributed by atoms with Crippen LogP contribution < -0.4 is 5.32 Å². The highest BCUT2D eigenvalue weighted by atomic mass is 79.9. The normalized spacial score (nSPS) is 12.5. The molecule has 2 rings (SSSR count). The standard InChI is InChI=1S/C17H18Br2ClN/c1-4-21-17(14-9-12(18)5-6-15(14)19)13-7-11(3)16(20)8-10(13)2/h5-9,17,21H,4H2,1-3H3. The second kappa shape index (κ2) is 7.28. The van der Waals surface area contributed by atoms with Gasteiger partial charge in [0.1, 0.15) is 0 Å². The van der Waals surface area contributed by atoms with Crippen molar-refractivity contribution in [1.82, 2.24) is 5.32 Å². The molecule has 1 N–H and O–H groups in total. The third-order valence-corrected chi connectivity index (χ3v) is 5.16. The first kappa shape index (κ1) is 17.0. The van der Waals surface area contributed by atoms with Crippen molar-refractivity contribution in [3.8, 4) is 0 Å². The van der Waals surface area contributed by atoms with E-state index in [9.17, 15) is 0 Å². The molecule has 21 heavy (non-hydrogen) atoms. The van der Waals surface area contributed by atoms with Gasteiger partial charge in [-0.15, -0.1) is 0 Å². The van der Waals surface area contributed by atoms with Gasteiger partial charge in [0, 0.05) is 14.0 Å². The first-order valence-electron chi connectivity index (χ1n) is 6.89. The summed E-state index contributed by atoms with van der Waals surface area (Å²) in [5, 5.41) is 4.40. The summed E-state index contributed by atoms with van der Waals surface area (Å²) in [6.07, 6.45) is 0. The highest BCUT2D eigenvalue weighted by Crippen LogP contribution is 2.34. The number of aryl methyl sites for hydroxylation is 2. The predicted molar refractivity (Wildman–Crippen MR) is 98.3 cm³/mol. The summed E-state index contributed by atoms with van der Waals surface area (Å²) >= 11 is 13.5. The molecule has 0 spiro atoms. The van der Waals surface area contributed by atoms with Crippen molar-refractivity contribution < 1.29 is 0 Å². The molecule has 1 nitrogen and oxygen atoms in total. The van der Waals surface area contributed by atoms with Crippen LogP contribution in [0.4, 0.5) is 0 Å². The van der Waals surface area contributed by atoms with Crippen LogP contribution in [0.5, 0.6) is 0 Å². The number of halogens is 3. The van der Waals surface area contributed by atoms with Gasteiger partial charge in [0.25, 0.3) is 0 Å². The summed E-state index contributed by atoms with van der Waals surface area (Å²) in [6.45, 7) is 7.17. The number of nitrogens with one attached hydrogen (secondary N) is 1. The van der Waals surface area contributed by atoms with Crippen LogP contribution in [0.3, 0.4) is 0 Å². The van der Waals surface area contributed by atoms with Crippen molar-refractivity contribution in [2.45, 2.75) is 26.8 Å². The van der Waals surface area contributed by atoms with E-state index in [0.29, 0.717) is 0 Å². The monoisotopic (exact) mass is 429 g/mol. The Kier molecular flexibility index (Phi) is 5.89. The predicted octanol–water partition coefficient (Wildman–Crippen LogP) is 6.18. The Hall–Kier alpha value is -0.350. The molecule has 0 saturated carbocycles. The van der Waals surface area contributed by atoms with Gasteiger partial charge in [-0.3, -0.25) is 0 Å². The van der Waals surface area contributed by atoms with E-state index in [0.717, 1.165) is 26.1 Å². The zero-order valence-electron chi connectivity index (χ0n) is 12.3. The maximum Gasteiger partial charge on any atom is 0.0590 e. The molecule has 0 heterocycles. The van der Waals surface area contributed by atoms with Crippen LogP contribution >= 0.6 is 43.5 Å². The van der Waals surface area contributed by atoms with Crippen molar-refractivity contribution >= 4 is 43.5 Å². The maximum absolute atomic E-state index is 6.23. The first-order valence-corrected chi connectivity index (χ1v) is 8.85. The van der Waals surface area contributed by atoms with Crippen LogP contribution in [0.1, 0.15) is 35.2 Å². The number of rotatable bonds is 4. The number of hydrogen-bond acceptors (Lipinski definition) is 1. The van der Waals surface area contributed by atoms with Gasteiger partial charge < -0.3 is 5.32 Å². The van der Waals surface area contributed by atoms with Crippen LogP contribution in [0.2, 0.25) is 5.02 Å². The smallest absolute Gasteiger partial charge is 0.0590 e.